The molecule has 2 aliphatic rings. The minimum atomic E-state index is -0.998. The van der Waals surface area contributed by atoms with E-state index in [0.29, 0.717) is 18.5 Å². The molecule has 210 valence electrons. The molecule has 0 radical (unpaired) electrons. The van der Waals surface area contributed by atoms with Crippen LogP contribution in [0.15, 0.2) is 52.2 Å². The highest BCUT2D eigenvalue weighted by Crippen LogP contribution is 2.39. The summed E-state index contributed by atoms with van der Waals surface area (Å²) in [4.78, 5) is 54.0. The van der Waals surface area contributed by atoms with Crippen molar-refractivity contribution in [3.8, 4) is 5.75 Å². The van der Waals surface area contributed by atoms with Gasteiger partial charge in [0.1, 0.15) is 18.0 Å². The van der Waals surface area contributed by atoms with Gasteiger partial charge in [-0.2, -0.15) is 4.99 Å². The molecule has 0 saturated heterocycles. The summed E-state index contributed by atoms with van der Waals surface area (Å²) in [5.74, 6) is -1.38. The number of nitrogens with zero attached hydrogens (tertiary/aromatic N) is 3. The zero-order valence-electron chi connectivity index (χ0n) is 22.3. The van der Waals surface area contributed by atoms with Crippen molar-refractivity contribution in [3.05, 3.63) is 57.3 Å². The Kier molecular flexibility index (Phi) is 8.94. The monoisotopic (exact) mass is 543 g/mol. The number of rotatable bonds is 5. The number of nitro benzene ring substituents is 1. The van der Waals surface area contributed by atoms with E-state index in [1.54, 1.807) is 33.8 Å². The van der Waals surface area contributed by atoms with Gasteiger partial charge in [0.2, 0.25) is 0 Å². The summed E-state index contributed by atoms with van der Waals surface area (Å²) in [5, 5.41) is 10.8. The van der Waals surface area contributed by atoms with Gasteiger partial charge in [-0.25, -0.2) is 9.59 Å². The number of non-ortho nitro benzene ring substituents is 1. The molecule has 1 aromatic rings. The van der Waals surface area contributed by atoms with E-state index in [1.807, 2.05) is 0 Å². The first kappa shape index (κ1) is 29.1. The molecule has 0 bridgehead atoms. The summed E-state index contributed by atoms with van der Waals surface area (Å²) in [6.07, 6.45) is 2.76. The highest BCUT2D eigenvalue weighted by Gasteiger charge is 2.40. The quantitative estimate of drug-likeness (QED) is 0.137. The molecule has 4 N–H and O–H groups in total. The van der Waals surface area contributed by atoms with E-state index in [1.165, 1.54) is 29.2 Å². The molecule has 2 amide bonds. The summed E-state index contributed by atoms with van der Waals surface area (Å²) in [6, 6.07) is 4.24. The van der Waals surface area contributed by atoms with Crippen LogP contribution in [0.5, 0.6) is 5.75 Å². The van der Waals surface area contributed by atoms with E-state index in [-0.39, 0.29) is 23.6 Å². The molecule has 1 heterocycles. The molecule has 2 atom stereocenters. The lowest BCUT2D eigenvalue weighted by molar-refractivity contribution is -0.384. The lowest BCUT2D eigenvalue weighted by Gasteiger charge is -2.39. The molecule has 1 aliphatic heterocycles. The Morgan fingerprint density at radius 2 is 1.82 bits per heavy atom. The predicted octanol–water partition coefficient (Wildman–Crippen LogP) is 3.92. The third-order valence-corrected chi connectivity index (χ3v) is 6.11. The Morgan fingerprint density at radius 3 is 2.41 bits per heavy atom. The Labute approximate surface area is 225 Å². The van der Waals surface area contributed by atoms with Crippen LogP contribution in [0.1, 0.15) is 53.4 Å². The fraction of sp³-hybridized carbons (Fsp3) is 0.462. The smallest absolute Gasteiger partial charge is 0.443 e. The maximum absolute atomic E-state index is 13.4. The highest BCUT2D eigenvalue weighted by molar-refractivity contribution is 6.03. The zero-order valence-corrected chi connectivity index (χ0v) is 22.3. The van der Waals surface area contributed by atoms with E-state index in [4.69, 9.17) is 25.7 Å². The first-order valence-corrected chi connectivity index (χ1v) is 12.5. The van der Waals surface area contributed by atoms with Crippen LogP contribution in [-0.2, 0) is 14.3 Å². The van der Waals surface area contributed by atoms with Crippen molar-refractivity contribution in [1.82, 2.24) is 4.90 Å². The number of allylic oxidation sites excluding steroid dienone is 2. The molecule has 13 nitrogen and oxygen atoms in total. The number of guanidine groups is 1. The van der Waals surface area contributed by atoms with Gasteiger partial charge in [0.25, 0.3) is 11.6 Å². The number of nitro groups is 1. The van der Waals surface area contributed by atoms with Gasteiger partial charge < -0.3 is 25.7 Å². The van der Waals surface area contributed by atoms with E-state index >= 15 is 0 Å². The van der Waals surface area contributed by atoms with Crippen LogP contribution in [0.4, 0.5) is 15.3 Å². The van der Waals surface area contributed by atoms with Crippen LogP contribution in [0.3, 0.4) is 0 Å². The van der Waals surface area contributed by atoms with E-state index < -0.39 is 46.6 Å². The Hall–Kier alpha value is -4.42. The maximum Gasteiger partial charge on any atom is 0.513 e. The number of amides is 2. The maximum atomic E-state index is 13.4. The van der Waals surface area contributed by atoms with Gasteiger partial charge in [0.15, 0.2) is 5.96 Å². The molecular formula is C26H33N5O8. The summed E-state index contributed by atoms with van der Waals surface area (Å²) in [5.41, 5.74) is 11.4. The summed E-state index contributed by atoms with van der Waals surface area (Å²) in [7, 11) is 0. The van der Waals surface area contributed by atoms with Gasteiger partial charge >= 0.3 is 12.2 Å². The fourth-order valence-electron chi connectivity index (χ4n) is 4.47. The SMILES string of the molecule is CC1C(C(=O)N=C(N)N)=CC2=C(C(COC(=O)Oc3ccc([N+](=O)[O-])cc3)CCCC2)N1C(=O)OC(C)(C)C. The first-order chi connectivity index (χ1) is 18.3. The zero-order chi connectivity index (χ0) is 28.9. The number of hydrogen-bond donors (Lipinski definition) is 2. The Bertz CT molecular complexity index is 1230. The third-order valence-electron chi connectivity index (χ3n) is 6.11. The first-order valence-electron chi connectivity index (χ1n) is 12.5. The number of benzene rings is 1. The topological polar surface area (TPSA) is 190 Å². The van der Waals surface area contributed by atoms with Crippen LogP contribution in [0.25, 0.3) is 0 Å². The van der Waals surface area contributed by atoms with Gasteiger partial charge in [-0.05, 0) is 70.7 Å². The van der Waals surface area contributed by atoms with Gasteiger partial charge in [-0.15, -0.1) is 0 Å². The van der Waals surface area contributed by atoms with Crippen molar-refractivity contribution in [2.75, 3.05) is 6.61 Å². The number of nitrogens with two attached hydrogens (primary N) is 2. The van der Waals surface area contributed by atoms with Crippen molar-refractivity contribution in [2.45, 2.75) is 65.0 Å². The third kappa shape index (κ3) is 7.55. The average Bonchev–Trinajstić information content (AvgIpc) is 3.03. The molecule has 0 aromatic heterocycles. The number of carbonyl (C=O) groups excluding carboxylic acids is 3. The molecule has 0 saturated carbocycles. The van der Waals surface area contributed by atoms with Gasteiger partial charge in [-0.1, -0.05) is 6.42 Å². The van der Waals surface area contributed by atoms with Crippen molar-refractivity contribution in [1.29, 1.82) is 0 Å². The van der Waals surface area contributed by atoms with E-state index in [9.17, 15) is 24.5 Å². The highest BCUT2D eigenvalue weighted by atomic mass is 16.7. The second-order valence-corrected chi connectivity index (χ2v) is 10.2. The van der Waals surface area contributed by atoms with Crippen LogP contribution in [-0.4, -0.2) is 52.2 Å². The number of carbonyl (C=O) groups is 3. The molecule has 1 aliphatic carbocycles. The minimum Gasteiger partial charge on any atom is -0.443 e. The second kappa shape index (κ2) is 12.0. The van der Waals surface area contributed by atoms with Crippen LogP contribution < -0.4 is 16.2 Å². The minimum absolute atomic E-state index is 0.0823. The molecule has 13 heteroatoms. The van der Waals surface area contributed by atoms with Crippen molar-refractivity contribution in [2.24, 2.45) is 22.4 Å². The normalized spacial score (nSPS) is 19.2. The standard InChI is InChI=1S/C26H33N5O8/c1-15-20(22(32)29-23(27)28)13-16-7-5-6-8-17(21(16)30(15)24(33)39-26(2,3)4)14-37-25(34)38-19-11-9-18(10-12-19)31(35)36/h9-13,15,17H,5-8,14H2,1-4H3,(H4,27,28,29,32). The van der Waals surface area contributed by atoms with Crippen LogP contribution >= 0.6 is 0 Å². The Morgan fingerprint density at radius 1 is 1.15 bits per heavy atom. The largest absolute Gasteiger partial charge is 0.513 e. The average molecular weight is 544 g/mol. The van der Waals surface area contributed by atoms with E-state index in [0.717, 1.165) is 18.4 Å². The molecule has 0 spiro atoms. The van der Waals surface area contributed by atoms with Crippen molar-refractivity contribution >= 4 is 29.8 Å². The second-order valence-electron chi connectivity index (χ2n) is 10.2. The Balaban J connectivity index is 1.89. The lowest BCUT2D eigenvalue weighted by atomic mass is 9.89. The molecular weight excluding hydrogens is 510 g/mol. The van der Waals surface area contributed by atoms with Crippen molar-refractivity contribution in [3.63, 3.8) is 0 Å². The van der Waals surface area contributed by atoms with Crippen LogP contribution in [0, 0.1) is 16.0 Å². The van der Waals surface area contributed by atoms with Crippen molar-refractivity contribution < 1.29 is 33.5 Å². The molecule has 2 unspecified atom stereocenters. The van der Waals surface area contributed by atoms with Crippen LogP contribution in [0.2, 0.25) is 0 Å². The predicted molar refractivity (Wildman–Crippen MR) is 140 cm³/mol. The lowest BCUT2D eigenvalue weighted by Crippen LogP contribution is -2.47. The summed E-state index contributed by atoms with van der Waals surface area (Å²) >= 11 is 0. The number of ether oxygens (including phenoxy) is 3. The van der Waals surface area contributed by atoms with E-state index in [2.05, 4.69) is 4.99 Å². The van der Waals surface area contributed by atoms with Gasteiger partial charge in [0.05, 0.1) is 11.0 Å². The number of aliphatic imine (C=N–C) groups is 1. The van der Waals surface area contributed by atoms with Gasteiger partial charge in [0, 0.05) is 29.3 Å². The summed E-state index contributed by atoms with van der Waals surface area (Å²) in [6.45, 7) is 6.76. The summed E-state index contributed by atoms with van der Waals surface area (Å²) < 4.78 is 16.2. The van der Waals surface area contributed by atoms with Gasteiger partial charge in [-0.3, -0.25) is 19.8 Å². The molecule has 3 rings (SSSR count). The number of hydrogen-bond acceptors (Lipinski definition) is 8. The molecule has 1 aromatic carbocycles. The fourth-order valence-corrected chi connectivity index (χ4v) is 4.47. The molecule has 0 fully saturated rings. The molecule has 39 heavy (non-hydrogen) atoms.